The van der Waals surface area contributed by atoms with Crippen LogP contribution in [0.2, 0.25) is 0 Å². The normalized spacial score (nSPS) is 13.8. The van der Waals surface area contributed by atoms with Crippen molar-refractivity contribution in [3.8, 4) is 11.6 Å². The van der Waals surface area contributed by atoms with Gasteiger partial charge in [-0.05, 0) is 52.3 Å². The molecular formula is C27H25F7N4O5. The zero-order valence-electron chi connectivity index (χ0n) is 23.1. The number of hydrogen-bond acceptors (Lipinski definition) is 8. The van der Waals surface area contributed by atoms with Crippen LogP contribution in [-0.4, -0.2) is 43.9 Å². The summed E-state index contributed by atoms with van der Waals surface area (Å²) in [6.45, 7) is 9.05. The first-order chi connectivity index (χ1) is 19.7. The summed E-state index contributed by atoms with van der Waals surface area (Å²) in [7, 11) is 0. The number of rotatable bonds is 8. The molecule has 2 N–H and O–H groups in total. The zero-order chi connectivity index (χ0) is 32.5. The van der Waals surface area contributed by atoms with Gasteiger partial charge in [-0.25, -0.2) is 14.2 Å². The lowest BCUT2D eigenvalue weighted by molar-refractivity contribution is -0.256. The number of nitrogens with one attached hydrogen (secondary N) is 1. The molecule has 3 rings (SSSR count). The number of aromatic nitrogens is 3. The van der Waals surface area contributed by atoms with Crippen LogP contribution in [0.3, 0.4) is 0 Å². The van der Waals surface area contributed by atoms with Gasteiger partial charge in [-0.3, -0.25) is 10.1 Å². The third-order valence-electron chi connectivity index (χ3n) is 5.66. The van der Waals surface area contributed by atoms with Crippen molar-refractivity contribution in [3.05, 3.63) is 71.0 Å². The average Bonchev–Trinajstić information content (AvgIpc) is 3.36. The van der Waals surface area contributed by atoms with E-state index in [1.54, 1.807) is 0 Å². The number of carbonyl (C=O) groups excluding carboxylic acids is 2. The van der Waals surface area contributed by atoms with Gasteiger partial charge in [0, 0.05) is 12.0 Å². The fourth-order valence-corrected chi connectivity index (χ4v) is 3.74. The molecule has 0 saturated carbocycles. The van der Waals surface area contributed by atoms with E-state index in [9.17, 15) is 45.4 Å². The fraction of sp³-hybridized carbons (Fsp3) is 0.370. The average molecular weight is 619 g/mol. The molecule has 2 aromatic heterocycles. The maximum absolute atomic E-state index is 14.6. The summed E-state index contributed by atoms with van der Waals surface area (Å²) in [5.74, 6) is -5.29. The molecule has 9 nitrogen and oxygen atoms in total. The molecule has 0 fully saturated rings. The Labute approximate surface area is 239 Å². The second-order valence-corrected chi connectivity index (χ2v) is 10.3. The molecule has 1 aromatic carbocycles. The third kappa shape index (κ3) is 7.18. The minimum Gasteiger partial charge on any atom is -0.444 e. The third-order valence-corrected chi connectivity index (χ3v) is 5.66. The van der Waals surface area contributed by atoms with Crippen molar-refractivity contribution < 1.29 is 54.6 Å². The van der Waals surface area contributed by atoms with Crippen molar-refractivity contribution in [2.75, 3.05) is 5.32 Å². The molecular weight excluding hydrogens is 593 g/mol. The van der Waals surface area contributed by atoms with Crippen LogP contribution in [-0.2, 0) is 16.5 Å². The molecule has 0 aliphatic carbocycles. The number of Topliss-reactive ketones (excluding diaryl/α,β-unsaturated/α-hetero) is 1. The number of halogens is 7. The summed E-state index contributed by atoms with van der Waals surface area (Å²) in [4.78, 5) is 28.8. The van der Waals surface area contributed by atoms with Crippen LogP contribution in [0.25, 0.3) is 11.6 Å². The fourth-order valence-electron chi connectivity index (χ4n) is 3.74. The molecule has 0 saturated heterocycles. The Morgan fingerprint density at radius 1 is 1.07 bits per heavy atom. The van der Waals surface area contributed by atoms with Crippen molar-refractivity contribution in [2.45, 2.75) is 64.1 Å². The number of pyridine rings is 1. The summed E-state index contributed by atoms with van der Waals surface area (Å²) in [5, 5.41) is 19.4. The molecule has 232 valence electrons. The summed E-state index contributed by atoms with van der Waals surface area (Å²) >= 11 is 0. The van der Waals surface area contributed by atoms with Gasteiger partial charge in [0.05, 0.1) is 11.3 Å². The van der Waals surface area contributed by atoms with Crippen LogP contribution in [0, 0.1) is 12.7 Å². The Bertz CT molecular complexity index is 1540. The molecule has 0 aliphatic rings. The van der Waals surface area contributed by atoms with Crippen LogP contribution >= 0.6 is 0 Å². The number of hydrogen-bond donors (Lipinski definition) is 2. The number of aliphatic hydroxyl groups is 1. The highest BCUT2D eigenvalue weighted by Crippen LogP contribution is 2.46. The van der Waals surface area contributed by atoms with Gasteiger partial charge >= 0.3 is 18.4 Å². The number of alkyl halides is 6. The van der Waals surface area contributed by atoms with E-state index < -0.39 is 87.7 Å². The molecule has 0 bridgehead atoms. The van der Waals surface area contributed by atoms with Crippen molar-refractivity contribution in [2.24, 2.45) is 0 Å². The number of ketones is 1. The Kier molecular flexibility index (Phi) is 9.05. The predicted molar refractivity (Wildman–Crippen MR) is 136 cm³/mol. The van der Waals surface area contributed by atoms with E-state index in [2.05, 4.69) is 21.8 Å². The van der Waals surface area contributed by atoms with Crippen LogP contribution in [0.1, 0.15) is 66.7 Å². The summed E-state index contributed by atoms with van der Waals surface area (Å²) < 4.78 is 109. The number of nitrogens with zero attached hydrogens (tertiary/aromatic N) is 3. The number of carbonyl (C=O) groups is 2. The summed E-state index contributed by atoms with van der Waals surface area (Å²) in [5.41, 5.74) is -11.0. The highest BCUT2D eigenvalue weighted by Gasteiger charge is 2.61. The number of allylic oxidation sites excluding steroid dienone is 1. The lowest BCUT2D eigenvalue weighted by Crippen LogP contribution is -2.44. The van der Waals surface area contributed by atoms with Crippen molar-refractivity contribution in [1.29, 1.82) is 0 Å². The van der Waals surface area contributed by atoms with E-state index in [0.717, 1.165) is 6.07 Å². The summed E-state index contributed by atoms with van der Waals surface area (Å²) in [6.07, 6.45) is -11.4. The second kappa shape index (κ2) is 11.7. The van der Waals surface area contributed by atoms with Gasteiger partial charge in [0.25, 0.3) is 17.4 Å². The quantitative estimate of drug-likeness (QED) is 0.159. The van der Waals surface area contributed by atoms with Gasteiger partial charge in [-0.1, -0.05) is 17.7 Å². The van der Waals surface area contributed by atoms with Crippen LogP contribution < -0.4 is 5.32 Å². The first-order valence-electron chi connectivity index (χ1n) is 12.4. The Morgan fingerprint density at radius 3 is 2.28 bits per heavy atom. The minimum absolute atomic E-state index is 0.0452. The van der Waals surface area contributed by atoms with E-state index >= 15 is 0 Å². The topological polar surface area (TPSA) is 127 Å². The number of amides is 1. The second-order valence-electron chi connectivity index (χ2n) is 10.3. The van der Waals surface area contributed by atoms with Gasteiger partial charge in [-0.2, -0.15) is 26.3 Å². The van der Waals surface area contributed by atoms with E-state index in [1.807, 2.05) is 5.32 Å². The number of benzene rings is 1. The van der Waals surface area contributed by atoms with Gasteiger partial charge in [-0.15, -0.1) is 16.8 Å². The standard InChI is InChI=1S/C27H25F7N4O5/c1-6-7-8-18(39)19-15(26(29,30)31)12-17(35-23(40)43-24(3,4)5)20(36-19)21-37-38-22(42-21)25(41,27(32,33)34)14-11-13(2)9-10-16(14)28/h6,9-12,41H,1,7-8H2,2-5H3,(H,35,40). The van der Waals surface area contributed by atoms with E-state index in [0.29, 0.717) is 18.2 Å². The zero-order valence-corrected chi connectivity index (χ0v) is 23.1. The molecule has 1 amide bonds. The van der Waals surface area contributed by atoms with Crippen LogP contribution in [0.4, 0.5) is 41.2 Å². The Morgan fingerprint density at radius 2 is 1.72 bits per heavy atom. The van der Waals surface area contributed by atoms with Gasteiger partial charge in [0.2, 0.25) is 0 Å². The van der Waals surface area contributed by atoms with E-state index in [-0.39, 0.29) is 12.0 Å². The van der Waals surface area contributed by atoms with Gasteiger partial charge < -0.3 is 14.3 Å². The maximum Gasteiger partial charge on any atom is 0.430 e. The molecule has 0 radical (unpaired) electrons. The monoisotopic (exact) mass is 618 g/mol. The molecule has 1 unspecified atom stereocenters. The SMILES string of the molecule is C=CCCC(=O)c1nc(-c2nnc(C(O)(c3cc(C)ccc3F)C(F)(F)F)o2)c(NC(=O)OC(C)(C)C)cc1C(F)(F)F. The number of ether oxygens (including phenoxy) is 1. The van der Waals surface area contributed by atoms with E-state index in [4.69, 9.17) is 9.15 Å². The predicted octanol–water partition coefficient (Wildman–Crippen LogP) is 6.89. The van der Waals surface area contributed by atoms with Crippen molar-refractivity contribution in [1.82, 2.24) is 15.2 Å². The number of anilines is 1. The Balaban J connectivity index is 2.30. The van der Waals surface area contributed by atoms with Gasteiger partial charge in [0.15, 0.2) is 11.5 Å². The smallest absolute Gasteiger partial charge is 0.430 e. The first-order valence-corrected chi connectivity index (χ1v) is 12.4. The summed E-state index contributed by atoms with van der Waals surface area (Å²) in [6, 6.07) is 2.79. The first kappa shape index (κ1) is 33.2. The Hall–Kier alpha value is -4.34. The molecule has 16 heteroatoms. The molecule has 0 aliphatic heterocycles. The highest BCUT2D eigenvalue weighted by molar-refractivity contribution is 5.98. The minimum atomic E-state index is -5.65. The molecule has 2 heterocycles. The molecule has 3 aromatic rings. The lowest BCUT2D eigenvalue weighted by atomic mass is 9.91. The molecule has 0 spiro atoms. The van der Waals surface area contributed by atoms with Gasteiger partial charge in [0.1, 0.15) is 17.1 Å². The molecule has 43 heavy (non-hydrogen) atoms. The largest absolute Gasteiger partial charge is 0.444 e. The maximum atomic E-state index is 14.6. The van der Waals surface area contributed by atoms with Crippen molar-refractivity contribution >= 4 is 17.6 Å². The van der Waals surface area contributed by atoms with E-state index in [1.165, 1.54) is 33.8 Å². The van der Waals surface area contributed by atoms with Crippen LogP contribution in [0.5, 0.6) is 0 Å². The molecule has 1 atom stereocenters. The number of aryl methyl sites for hydroxylation is 1. The lowest BCUT2D eigenvalue weighted by Gasteiger charge is -2.27. The van der Waals surface area contributed by atoms with Crippen LogP contribution in [0.15, 0.2) is 41.3 Å². The van der Waals surface area contributed by atoms with Crippen molar-refractivity contribution in [3.63, 3.8) is 0 Å². The highest BCUT2D eigenvalue weighted by atomic mass is 19.4.